The number of hydrogen-bond acceptors (Lipinski definition) is 3. The highest BCUT2D eigenvalue weighted by Crippen LogP contribution is 2.38. The Morgan fingerprint density at radius 1 is 1.25 bits per heavy atom. The molecule has 3 N–H and O–H groups in total. The molecule has 2 heterocycles. The molecular formula is C13H19N3. The number of fused-ring (bicyclic) bond motifs is 2. The van der Waals surface area contributed by atoms with E-state index in [-0.39, 0.29) is 5.54 Å². The number of nitrogens with two attached hydrogens (primary N) is 1. The predicted octanol–water partition coefficient (Wildman–Crippen LogP) is 0.997. The van der Waals surface area contributed by atoms with Gasteiger partial charge in [-0.1, -0.05) is 24.3 Å². The lowest BCUT2D eigenvalue weighted by molar-refractivity contribution is 0.144. The Morgan fingerprint density at radius 2 is 2.00 bits per heavy atom. The van der Waals surface area contributed by atoms with E-state index in [0.717, 1.165) is 19.6 Å². The molecule has 1 saturated heterocycles. The number of hydrogen-bond donors (Lipinski definition) is 2. The molecule has 0 aliphatic carbocycles. The Kier molecular flexibility index (Phi) is 2.46. The van der Waals surface area contributed by atoms with Crippen molar-refractivity contribution in [2.24, 2.45) is 5.73 Å². The van der Waals surface area contributed by atoms with E-state index in [0.29, 0.717) is 6.67 Å². The molecule has 1 aromatic rings. The average Bonchev–Trinajstić information content (AvgIpc) is 2.71. The monoisotopic (exact) mass is 217 g/mol. The van der Waals surface area contributed by atoms with Crippen LogP contribution in [0.2, 0.25) is 0 Å². The van der Waals surface area contributed by atoms with E-state index < -0.39 is 0 Å². The predicted molar refractivity (Wildman–Crippen MR) is 64.8 cm³/mol. The van der Waals surface area contributed by atoms with Gasteiger partial charge < -0.3 is 11.1 Å². The van der Waals surface area contributed by atoms with Gasteiger partial charge in [-0.2, -0.15) is 0 Å². The van der Waals surface area contributed by atoms with E-state index >= 15 is 0 Å². The molecule has 2 aliphatic heterocycles. The summed E-state index contributed by atoms with van der Waals surface area (Å²) >= 11 is 0. The minimum atomic E-state index is 0.238. The largest absolute Gasteiger partial charge is 0.318 e. The molecule has 3 heteroatoms. The van der Waals surface area contributed by atoms with Gasteiger partial charge >= 0.3 is 0 Å². The molecule has 0 unspecified atom stereocenters. The fourth-order valence-corrected chi connectivity index (χ4v) is 3.06. The molecule has 1 fully saturated rings. The van der Waals surface area contributed by atoms with E-state index in [1.807, 2.05) is 0 Å². The maximum Gasteiger partial charge on any atom is 0.0464 e. The summed E-state index contributed by atoms with van der Waals surface area (Å²) in [6.07, 6.45) is 2.36. The number of benzene rings is 1. The molecule has 2 aliphatic rings. The highest BCUT2D eigenvalue weighted by molar-refractivity contribution is 5.38. The van der Waals surface area contributed by atoms with Crippen molar-refractivity contribution < 1.29 is 0 Å². The zero-order valence-corrected chi connectivity index (χ0v) is 9.58. The van der Waals surface area contributed by atoms with Crippen molar-refractivity contribution in [2.75, 3.05) is 19.8 Å². The van der Waals surface area contributed by atoms with E-state index in [9.17, 15) is 0 Å². The summed E-state index contributed by atoms with van der Waals surface area (Å²) in [7, 11) is 0. The van der Waals surface area contributed by atoms with E-state index in [2.05, 4.69) is 34.5 Å². The molecule has 0 saturated carbocycles. The van der Waals surface area contributed by atoms with Gasteiger partial charge in [0, 0.05) is 31.8 Å². The molecule has 16 heavy (non-hydrogen) atoms. The molecule has 0 atom stereocenters. The third-order valence-electron chi connectivity index (χ3n) is 4.12. The van der Waals surface area contributed by atoms with Crippen molar-refractivity contribution in [3.8, 4) is 0 Å². The maximum absolute atomic E-state index is 5.69. The summed E-state index contributed by atoms with van der Waals surface area (Å²) in [6.45, 7) is 3.94. The minimum Gasteiger partial charge on any atom is -0.318 e. The third kappa shape index (κ3) is 1.47. The van der Waals surface area contributed by atoms with Gasteiger partial charge in [-0.25, -0.2) is 0 Å². The molecule has 0 amide bonds. The zero-order valence-electron chi connectivity index (χ0n) is 9.58. The van der Waals surface area contributed by atoms with Gasteiger partial charge in [-0.3, -0.25) is 4.90 Å². The van der Waals surface area contributed by atoms with Crippen molar-refractivity contribution in [1.82, 2.24) is 10.2 Å². The van der Waals surface area contributed by atoms with Crippen LogP contribution in [-0.4, -0.2) is 24.7 Å². The lowest BCUT2D eigenvalue weighted by atomic mass is 9.82. The normalized spacial score (nSPS) is 23.6. The summed E-state index contributed by atoms with van der Waals surface area (Å²) in [5, 5.41) is 3.71. The summed E-state index contributed by atoms with van der Waals surface area (Å²) in [5.41, 5.74) is 8.92. The Labute approximate surface area is 96.6 Å². The van der Waals surface area contributed by atoms with E-state index in [1.165, 1.54) is 24.0 Å². The Hall–Kier alpha value is -0.900. The Bertz CT molecular complexity index is 381. The number of nitrogens with one attached hydrogen (secondary N) is 1. The van der Waals surface area contributed by atoms with Gasteiger partial charge in [0.1, 0.15) is 0 Å². The smallest absolute Gasteiger partial charge is 0.0464 e. The second kappa shape index (κ2) is 3.84. The molecule has 3 nitrogen and oxygen atoms in total. The third-order valence-corrected chi connectivity index (χ3v) is 4.12. The number of piperidine rings is 1. The van der Waals surface area contributed by atoms with Gasteiger partial charge in [0.2, 0.25) is 0 Å². The van der Waals surface area contributed by atoms with Crippen molar-refractivity contribution in [2.45, 2.75) is 24.9 Å². The quantitative estimate of drug-likeness (QED) is 0.737. The topological polar surface area (TPSA) is 41.3 Å². The number of likely N-dealkylation sites (tertiary alicyclic amines) is 1. The summed E-state index contributed by atoms with van der Waals surface area (Å²) in [5.74, 6) is 0. The first kappa shape index (κ1) is 10.3. The highest BCUT2D eigenvalue weighted by atomic mass is 15.2. The highest BCUT2D eigenvalue weighted by Gasteiger charge is 2.40. The van der Waals surface area contributed by atoms with Gasteiger partial charge in [-0.05, 0) is 24.0 Å². The van der Waals surface area contributed by atoms with Gasteiger partial charge in [0.15, 0.2) is 0 Å². The fraction of sp³-hybridized carbons (Fsp3) is 0.538. The van der Waals surface area contributed by atoms with Crippen LogP contribution in [0.1, 0.15) is 24.0 Å². The fourth-order valence-electron chi connectivity index (χ4n) is 3.06. The Balaban J connectivity index is 1.87. The first-order valence-corrected chi connectivity index (χ1v) is 6.10. The second-order valence-corrected chi connectivity index (χ2v) is 4.89. The van der Waals surface area contributed by atoms with Crippen LogP contribution in [0.3, 0.4) is 0 Å². The molecule has 86 valence electrons. The SMILES string of the molecule is NCN1CCC2(CC1)NCc1ccccc12. The molecular weight excluding hydrogens is 198 g/mol. The van der Waals surface area contributed by atoms with Crippen LogP contribution in [0.4, 0.5) is 0 Å². The van der Waals surface area contributed by atoms with Crippen molar-refractivity contribution >= 4 is 0 Å². The van der Waals surface area contributed by atoms with Crippen LogP contribution >= 0.6 is 0 Å². The zero-order chi connectivity index (χ0) is 11.0. The van der Waals surface area contributed by atoms with E-state index in [1.54, 1.807) is 0 Å². The molecule has 1 spiro atoms. The standard InChI is InChI=1S/C13H19N3/c14-10-16-7-5-13(6-8-16)12-4-2-1-3-11(12)9-15-13/h1-4,15H,5-10,14H2. The van der Waals surface area contributed by atoms with Gasteiger partial charge in [-0.15, -0.1) is 0 Å². The van der Waals surface area contributed by atoms with Crippen LogP contribution in [0.5, 0.6) is 0 Å². The molecule has 3 rings (SSSR count). The minimum absolute atomic E-state index is 0.238. The maximum atomic E-state index is 5.69. The van der Waals surface area contributed by atoms with Crippen molar-refractivity contribution in [3.05, 3.63) is 35.4 Å². The second-order valence-electron chi connectivity index (χ2n) is 4.89. The summed E-state index contributed by atoms with van der Waals surface area (Å²) in [6, 6.07) is 8.82. The Morgan fingerprint density at radius 3 is 2.75 bits per heavy atom. The number of rotatable bonds is 1. The van der Waals surface area contributed by atoms with Gasteiger partial charge in [0.05, 0.1) is 0 Å². The van der Waals surface area contributed by atoms with Crippen LogP contribution in [-0.2, 0) is 12.1 Å². The summed E-state index contributed by atoms with van der Waals surface area (Å²) < 4.78 is 0. The van der Waals surface area contributed by atoms with Gasteiger partial charge in [0.25, 0.3) is 0 Å². The molecule has 0 radical (unpaired) electrons. The van der Waals surface area contributed by atoms with Crippen LogP contribution in [0, 0.1) is 0 Å². The first-order valence-electron chi connectivity index (χ1n) is 6.10. The van der Waals surface area contributed by atoms with Crippen LogP contribution in [0.25, 0.3) is 0 Å². The molecule has 1 aromatic carbocycles. The van der Waals surface area contributed by atoms with Crippen molar-refractivity contribution in [3.63, 3.8) is 0 Å². The van der Waals surface area contributed by atoms with Crippen molar-refractivity contribution in [1.29, 1.82) is 0 Å². The summed E-state index contributed by atoms with van der Waals surface area (Å²) in [4.78, 5) is 2.33. The molecule has 0 bridgehead atoms. The van der Waals surface area contributed by atoms with E-state index in [4.69, 9.17) is 5.73 Å². The lowest BCUT2D eigenvalue weighted by Gasteiger charge is -2.39. The first-order chi connectivity index (χ1) is 7.84. The average molecular weight is 217 g/mol. The van der Waals surface area contributed by atoms with Crippen LogP contribution in [0.15, 0.2) is 24.3 Å². The van der Waals surface area contributed by atoms with Crippen LogP contribution < -0.4 is 11.1 Å². The lowest BCUT2D eigenvalue weighted by Crippen LogP contribution is -2.49. The number of nitrogens with zero attached hydrogens (tertiary/aromatic N) is 1. The molecule has 0 aromatic heterocycles.